The number of alkyl halides is 3. The zero-order chi connectivity index (χ0) is 29.6. The predicted octanol–water partition coefficient (Wildman–Crippen LogP) is 3.42. The van der Waals surface area contributed by atoms with Gasteiger partial charge in [-0.3, -0.25) is 9.59 Å². The Kier molecular flexibility index (Phi) is 7.34. The van der Waals surface area contributed by atoms with Crippen LogP contribution in [0.4, 0.5) is 32.2 Å². The number of benzene rings is 2. The minimum absolute atomic E-state index is 0.0255. The first-order valence-corrected chi connectivity index (χ1v) is 13.4. The number of fused-ring (bicyclic) bond motifs is 1. The number of hydrogen-bond donors (Lipinski definition) is 2. The molecule has 2 heterocycles. The van der Waals surface area contributed by atoms with Crippen LogP contribution in [0.2, 0.25) is 0 Å². The molecule has 9 nitrogen and oxygen atoms in total. The van der Waals surface area contributed by atoms with E-state index in [0.717, 1.165) is 47.3 Å². The second kappa shape index (κ2) is 10.1. The van der Waals surface area contributed by atoms with Crippen LogP contribution in [0.25, 0.3) is 5.69 Å². The van der Waals surface area contributed by atoms with Crippen LogP contribution in [0.15, 0.2) is 36.4 Å². The summed E-state index contributed by atoms with van der Waals surface area (Å²) < 4.78 is 109. The van der Waals surface area contributed by atoms with E-state index in [1.807, 2.05) is 0 Å². The highest BCUT2D eigenvalue weighted by Crippen LogP contribution is 2.37. The zero-order valence-electron chi connectivity index (χ0n) is 20.7. The van der Waals surface area contributed by atoms with Crippen molar-refractivity contribution >= 4 is 27.5 Å². The fourth-order valence-corrected chi connectivity index (χ4v) is 4.75. The van der Waals surface area contributed by atoms with Gasteiger partial charge in [-0.05, 0) is 25.1 Å². The van der Waals surface area contributed by atoms with Gasteiger partial charge in [0.2, 0.25) is 5.91 Å². The lowest BCUT2D eigenvalue weighted by Gasteiger charge is -2.34. The quantitative estimate of drug-likeness (QED) is 0.407. The van der Waals surface area contributed by atoms with Gasteiger partial charge in [-0.25, -0.2) is 26.3 Å². The number of nitrogens with one attached hydrogen (secondary N) is 2. The highest BCUT2D eigenvalue weighted by molar-refractivity contribution is 7.91. The first-order valence-electron chi connectivity index (χ1n) is 11.3. The molecule has 40 heavy (non-hydrogen) atoms. The number of anilines is 1. The van der Waals surface area contributed by atoms with Crippen molar-refractivity contribution in [3.63, 3.8) is 0 Å². The molecule has 2 N–H and O–H groups in total. The van der Waals surface area contributed by atoms with Crippen molar-refractivity contribution in [1.29, 1.82) is 0 Å². The lowest BCUT2D eigenvalue weighted by molar-refractivity contribution is -0.153. The van der Waals surface area contributed by atoms with Crippen molar-refractivity contribution in [3.8, 4) is 11.4 Å². The molecule has 16 heteroatoms. The van der Waals surface area contributed by atoms with Crippen LogP contribution in [-0.4, -0.2) is 54.8 Å². The van der Waals surface area contributed by atoms with E-state index in [1.165, 1.54) is 6.92 Å². The van der Waals surface area contributed by atoms with Gasteiger partial charge in [0.15, 0.2) is 28.1 Å². The lowest BCUT2D eigenvalue weighted by atomic mass is 9.83. The van der Waals surface area contributed by atoms with Crippen LogP contribution in [0.3, 0.4) is 0 Å². The summed E-state index contributed by atoms with van der Waals surface area (Å²) in [6.07, 6.45) is -4.06. The maximum atomic E-state index is 15.0. The molecule has 2 amide bonds. The van der Waals surface area contributed by atoms with Crippen LogP contribution in [-0.2, 0) is 26.6 Å². The summed E-state index contributed by atoms with van der Waals surface area (Å²) in [5.41, 5.74) is -2.03. The molecule has 2 aromatic carbocycles. The Labute approximate surface area is 223 Å². The van der Waals surface area contributed by atoms with E-state index < -0.39 is 68.9 Å². The molecule has 0 radical (unpaired) electrons. The topological polar surface area (TPSA) is 119 Å². The standard InChI is InChI=1S/C24H20F6N4O5S/c1-23(14-5-4-13(8-16(14)26)39-11-24(28,29)30)9-18-20(22(36)32-23)21(31-19(35)10-40(2,37)38)34(33-18)12-3-6-15(25)17(27)7-12/h3-8H,9-11H2,1-2H3,(H,31,35)(H,32,36)/t23-/m0/s1. The molecule has 1 aliphatic rings. The van der Waals surface area contributed by atoms with Crippen LogP contribution in [0, 0.1) is 17.5 Å². The maximum Gasteiger partial charge on any atom is 0.422 e. The SMILES string of the molecule is C[C@@]1(c2ccc(OCC(F)(F)F)cc2F)Cc2nn(-c3ccc(F)c(F)c3)c(NC(=O)CS(C)(=O)=O)c2C(=O)N1. The maximum absolute atomic E-state index is 15.0. The number of hydrogen-bond acceptors (Lipinski definition) is 6. The average molecular weight is 591 g/mol. The lowest BCUT2D eigenvalue weighted by Crippen LogP contribution is -2.49. The van der Waals surface area contributed by atoms with E-state index in [2.05, 4.69) is 20.5 Å². The number of halogens is 6. The third-order valence-electron chi connectivity index (χ3n) is 5.83. The van der Waals surface area contributed by atoms with Gasteiger partial charge < -0.3 is 15.4 Å². The van der Waals surface area contributed by atoms with Gasteiger partial charge in [-0.2, -0.15) is 18.3 Å². The Morgan fingerprint density at radius 3 is 2.42 bits per heavy atom. The van der Waals surface area contributed by atoms with E-state index >= 15 is 4.39 Å². The molecule has 4 rings (SSSR count). The highest BCUT2D eigenvalue weighted by Gasteiger charge is 2.42. The fraction of sp³-hybridized carbons (Fsp3) is 0.292. The molecule has 1 atom stereocenters. The summed E-state index contributed by atoms with van der Waals surface area (Å²) in [6, 6.07) is 5.55. The van der Waals surface area contributed by atoms with Crippen molar-refractivity contribution in [2.45, 2.75) is 25.1 Å². The molecule has 0 fully saturated rings. The molecule has 1 aliphatic heterocycles. The Bertz CT molecular complexity index is 1620. The van der Waals surface area contributed by atoms with Crippen LogP contribution in [0.1, 0.15) is 28.5 Å². The van der Waals surface area contributed by atoms with Crippen molar-refractivity contribution in [2.24, 2.45) is 0 Å². The van der Waals surface area contributed by atoms with Gasteiger partial charge in [-0.15, -0.1) is 0 Å². The molecule has 0 saturated carbocycles. The summed E-state index contributed by atoms with van der Waals surface area (Å²) in [4.78, 5) is 25.7. The van der Waals surface area contributed by atoms with Gasteiger partial charge >= 0.3 is 6.18 Å². The largest absolute Gasteiger partial charge is 0.484 e. The molecule has 0 saturated heterocycles. The zero-order valence-corrected chi connectivity index (χ0v) is 21.5. The summed E-state index contributed by atoms with van der Waals surface area (Å²) in [6.45, 7) is -0.223. The molecular weight excluding hydrogens is 570 g/mol. The van der Waals surface area contributed by atoms with Crippen LogP contribution >= 0.6 is 0 Å². The number of ether oxygens (including phenoxy) is 1. The Hall–Kier alpha value is -4.08. The van der Waals surface area contributed by atoms with Crippen LogP contribution < -0.4 is 15.4 Å². The second-order valence-corrected chi connectivity index (χ2v) is 11.4. The molecule has 214 valence electrons. The van der Waals surface area contributed by atoms with Gasteiger partial charge in [0.25, 0.3) is 5.91 Å². The Morgan fingerprint density at radius 2 is 1.82 bits per heavy atom. The van der Waals surface area contributed by atoms with E-state index in [-0.39, 0.29) is 34.7 Å². The Morgan fingerprint density at radius 1 is 1.12 bits per heavy atom. The van der Waals surface area contributed by atoms with E-state index in [0.29, 0.717) is 0 Å². The average Bonchev–Trinajstić information content (AvgIpc) is 3.15. The summed E-state index contributed by atoms with van der Waals surface area (Å²) in [5, 5.41) is 9.09. The first kappa shape index (κ1) is 28.9. The molecule has 0 spiro atoms. The predicted molar refractivity (Wildman–Crippen MR) is 128 cm³/mol. The molecule has 1 aromatic heterocycles. The first-order chi connectivity index (χ1) is 18.5. The van der Waals surface area contributed by atoms with E-state index in [4.69, 9.17) is 0 Å². The number of rotatable bonds is 7. The molecule has 0 aliphatic carbocycles. The Balaban J connectivity index is 1.75. The third-order valence-corrected chi connectivity index (χ3v) is 6.62. The number of carbonyl (C=O) groups excluding carboxylic acids is 2. The molecular formula is C24H20F6N4O5S. The number of sulfone groups is 1. The molecule has 0 unspecified atom stereocenters. The molecule has 0 bridgehead atoms. The van der Waals surface area contributed by atoms with Crippen molar-refractivity contribution < 1.29 is 49.1 Å². The van der Waals surface area contributed by atoms with Crippen LogP contribution in [0.5, 0.6) is 5.75 Å². The smallest absolute Gasteiger partial charge is 0.422 e. The minimum Gasteiger partial charge on any atom is -0.484 e. The van der Waals surface area contributed by atoms with Crippen molar-refractivity contribution in [1.82, 2.24) is 15.1 Å². The van der Waals surface area contributed by atoms with Gasteiger partial charge in [0.1, 0.15) is 28.7 Å². The van der Waals surface area contributed by atoms with Gasteiger partial charge in [-0.1, -0.05) is 6.07 Å². The van der Waals surface area contributed by atoms with E-state index in [1.54, 1.807) is 0 Å². The summed E-state index contributed by atoms with van der Waals surface area (Å²) in [5.74, 6) is -7.09. The summed E-state index contributed by atoms with van der Waals surface area (Å²) in [7, 11) is -3.79. The number of nitrogens with zero attached hydrogens (tertiary/aromatic N) is 2. The normalized spacial score (nSPS) is 17.2. The fourth-order valence-electron chi connectivity index (χ4n) is 4.20. The van der Waals surface area contributed by atoms with Crippen molar-refractivity contribution in [2.75, 3.05) is 23.9 Å². The highest BCUT2D eigenvalue weighted by atomic mass is 32.2. The minimum atomic E-state index is -4.64. The number of aromatic nitrogens is 2. The number of amides is 2. The van der Waals surface area contributed by atoms with E-state index in [9.17, 15) is 40.0 Å². The monoisotopic (exact) mass is 590 g/mol. The number of carbonyl (C=O) groups is 2. The van der Waals surface area contributed by atoms with Gasteiger partial charge in [0.05, 0.1) is 16.9 Å². The van der Waals surface area contributed by atoms with Crippen molar-refractivity contribution in [3.05, 3.63) is 70.7 Å². The van der Waals surface area contributed by atoms with Gasteiger partial charge in [0, 0.05) is 30.4 Å². The second-order valence-electron chi connectivity index (χ2n) is 9.31. The summed E-state index contributed by atoms with van der Waals surface area (Å²) >= 11 is 0. The third kappa shape index (κ3) is 6.21. The molecule has 3 aromatic rings.